The number of benzene rings is 2. The number of nitrogens with two attached hydrogens (primary N) is 1. The van der Waals surface area contributed by atoms with Gasteiger partial charge in [-0.05, 0) is 43.2 Å². The van der Waals surface area contributed by atoms with E-state index in [4.69, 9.17) is 5.73 Å². The summed E-state index contributed by atoms with van der Waals surface area (Å²) in [5.41, 5.74) is 9.82. The van der Waals surface area contributed by atoms with Crippen LogP contribution in [0.2, 0.25) is 0 Å². The van der Waals surface area contributed by atoms with Crippen molar-refractivity contribution < 1.29 is 4.79 Å². The number of hydrogen-bond acceptors (Lipinski definition) is 2. The van der Waals surface area contributed by atoms with Gasteiger partial charge < -0.3 is 5.73 Å². The molecule has 0 saturated carbocycles. The Morgan fingerprint density at radius 2 is 1.71 bits per heavy atom. The van der Waals surface area contributed by atoms with Crippen molar-refractivity contribution >= 4 is 11.5 Å². The highest BCUT2D eigenvalue weighted by molar-refractivity contribution is 6.10. The average molecular weight is 225 g/mol. The van der Waals surface area contributed by atoms with Gasteiger partial charge in [0.1, 0.15) is 0 Å². The quantitative estimate of drug-likeness (QED) is 0.630. The van der Waals surface area contributed by atoms with E-state index in [0.29, 0.717) is 11.3 Å². The molecule has 0 saturated heterocycles. The summed E-state index contributed by atoms with van der Waals surface area (Å²) < 4.78 is 0. The summed E-state index contributed by atoms with van der Waals surface area (Å²) in [6.45, 7) is 3.85. The van der Waals surface area contributed by atoms with Gasteiger partial charge in [0.25, 0.3) is 0 Å². The van der Waals surface area contributed by atoms with Gasteiger partial charge >= 0.3 is 0 Å². The predicted octanol–water partition coefficient (Wildman–Crippen LogP) is 3.12. The van der Waals surface area contributed by atoms with Crippen molar-refractivity contribution in [2.45, 2.75) is 13.8 Å². The van der Waals surface area contributed by atoms with Gasteiger partial charge in [0.05, 0.1) is 0 Å². The Labute approximate surface area is 101 Å². The van der Waals surface area contributed by atoms with Crippen LogP contribution in [0.3, 0.4) is 0 Å². The van der Waals surface area contributed by atoms with Crippen molar-refractivity contribution in [3.8, 4) is 0 Å². The molecule has 0 fully saturated rings. The van der Waals surface area contributed by atoms with E-state index in [2.05, 4.69) is 0 Å². The van der Waals surface area contributed by atoms with Crippen molar-refractivity contribution in [1.82, 2.24) is 0 Å². The van der Waals surface area contributed by atoms with E-state index in [1.807, 2.05) is 44.2 Å². The van der Waals surface area contributed by atoms with E-state index in [1.165, 1.54) is 0 Å². The van der Waals surface area contributed by atoms with Gasteiger partial charge in [-0.2, -0.15) is 0 Å². The third kappa shape index (κ3) is 2.21. The zero-order valence-electron chi connectivity index (χ0n) is 10.0. The minimum Gasteiger partial charge on any atom is -0.399 e. The first kappa shape index (κ1) is 11.4. The molecule has 0 aromatic heterocycles. The Morgan fingerprint density at radius 3 is 2.35 bits per heavy atom. The molecule has 2 rings (SSSR count). The van der Waals surface area contributed by atoms with Crippen molar-refractivity contribution in [1.29, 1.82) is 0 Å². The lowest BCUT2D eigenvalue weighted by Crippen LogP contribution is -2.04. The zero-order valence-corrected chi connectivity index (χ0v) is 10.0. The van der Waals surface area contributed by atoms with Crippen LogP contribution in [-0.2, 0) is 0 Å². The highest BCUT2D eigenvalue weighted by Crippen LogP contribution is 2.17. The maximum atomic E-state index is 12.3. The molecule has 0 spiro atoms. The van der Waals surface area contributed by atoms with Crippen LogP contribution >= 0.6 is 0 Å². The van der Waals surface area contributed by atoms with Crippen LogP contribution < -0.4 is 5.73 Å². The summed E-state index contributed by atoms with van der Waals surface area (Å²) in [7, 11) is 0. The van der Waals surface area contributed by atoms with Crippen LogP contribution in [0.1, 0.15) is 27.0 Å². The van der Waals surface area contributed by atoms with E-state index >= 15 is 0 Å². The first-order chi connectivity index (χ1) is 8.09. The summed E-state index contributed by atoms with van der Waals surface area (Å²) in [6, 6.07) is 13.0. The Bertz CT molecular complexity index is 573. The van der Waals surface area contributed by atoms with Gasteiger partial charge in [-0.15, -0.1) is 0 Å². The molecule has 86 valence electrons. The highest BCUT2D eigenvalue weighted by Gasteiger charge is 2.11. The lowest BCUT2D eigenvalue weighted by Gasteiger charge is -2.06. The molecule has 0 atom stereocenters. The first-order valence-corrected chi connectivity index (χ1v) is 5.56. The second-order valence-electron chi connectivity index (χ2n) is 4.22. The Kier molecular flexibility index (Phi) is 2.96. The molecule has 2 N–H and O–H groups in total. The Hall–Kier alpha value is -2.09. The summed E-state index contributed by atoms with van der Waals surface area (Å²) in [6.07, 6.45) is 0. The van der Waals surface area contributed by atoms with Crippen molar-refractivity contribution in [3.05, 3.63) is 64.7 Å². The minimum atomic E-state index is 0.0474. The Balaban J connectivity index is 2.44. The molecule has 0 unspecified atom stereocenters. The normalized spacial score (nSPS) is 10.2. The van der Waals surface area contributed by atoms with Gasteiger partial charge in [0.2, 0.25) is 0 Å². The van der Waals surface area contributed by atoms with Gasteiger partial charge in [0, 0.05) is 16.8 Å². The predicted molar refractivity (Wildman–Crippen MR) is 70.2 cm³/mol. The summed E-state index contributed by atoms with van der Waals surface area (Å²) in [5, 5.41) is 0. The first-order valence-electron chi connectivity index (χ1n) is 5.56. The Morgan fingerprint density at radius 1 is 1.00 bits per heavy atom. The molecule has 0 aliphatic heterocycles. The summed E-state index contributed by atoms with van der Waals surface area (Å²) in [4.78, 5) is 12.3. The molecule has 17 heavy (non-hydrogen) atoms. The van der Waals surface area contributed by atoms with Crippen LogP contribution in [0.25, 0.3) is 0 Å². The molecule has 2 nitrogen and oxygen atoms in total. The molecule has 0 bridgehead atoms. The fourth-order valence-corrected chi connectivity index (χ4v) is 1.80. The van der Waals surface area contributed by atoms with E-state index in [-0.39, 0.29) is 5.78 Å². The summed E-state index contributed by atoms with van der Waals surface area (Å²) >= 11 is 0. The van der Waals surface area contributed by atoms with Crippen LogP contribution in [0.4, 0.5) is 5.69 Å². The molecule has 0 amide bonds. The lowest BCUT2D eigenvalue weighted by atomic mass is 9.98. The molecule has 0 heterocycles. The third-order valence-electron chi connectivity index (χ3n) is 2.92. The highest BCUT2D eigenvalue weighted by atomic mass is 16.1. The molecule has 0 aliphatic rings. The standard InChI is InChI=1S/C15H15NO/c1-10-5-3-4-6-13(10)15(17)12-7-8-14(16)11(2)9-12/h3-9H,16H2,1-2H3. The number of nitrogen functional groups attached to an aromatic ring is 1. The van der Waals surface area contributed by atoms with Crippen LogP contribution in [0.15, 0.2) is 42.5 Å². The topological polar surface area (TPSA) is 43.1 Å². The fourth-order valence-electron chi connectivity index (χ4n) is 1.80. The van der Waals surface area contributed by atoms with Crippen LogP contribution in [0, 0.1) is 13.8 Å². The molecule has 0 aliphatic carbocycles. The van der Waals surface area contributed by atoms with Crippen LogP contribution in [0.5, 0.6) is 0 Å². The summed E-state index contributed by atoms with van der Waals surface area (Å²) in [5.74, 6) is 0.0474. The molecular weight excluding hydrogens is 210 g/mol. The molecule has 2 heteroatoms. The maximum absolute atomic E-state index is 12.3. The number of rotatable bonds is 2. The lowest BCUT2D eigenvalue weighted by molar-refractivity contribution is 0.103. The van der Waals surface area contributed by atoms with Gasteiger partial charge in [-0.25, -0.2) is 0 Å². The van der Waals surface area contributed by atoms with Crippen molar-refractivity contribution in [2.24, 2.45) is 0 Å². The zero-order chi connectivity index (χ0) is 12.4. The average Bonchev–Trinajstić information content (AvgIpc) is 2.32. The third-order valence-corrected chi connectivity index (χ3v) is 2.92. The van der Waals surface area contributed by atoms with E-state index in [9.17, 15) is 4.79 Å². The smallest absolute Gasteiger partial charge is 0.193 e. The van der Waals surface area contributed by atoms with Crippen LogP contribution in [-0.4, -0.2) is 5.78 Å². The van der Waals surface area contributed by atoms with Crippen molar-refractivity contribution in [2.75, 3.05) is 5.73 Å². The minimum absolute atomic E-state index is 0.0474. The van der Waals surface area contributed by atoms with E-state index in [1.54, 1.807) is 12.1 Å². The maximum Gasteiger partial charge on any atom is 0.193 e. The number of hydrogen-bond donors (Lipinski definition) is 1. The number of aryl methyl sites for hydroxylation is 2. The fraction of sp³-hybridized carbons (Fsp3) is 0.133. The molecule has 2 aromatic carbocycles. The number of anilines is 1. The molecular formula is C15H15NO. The number of carbonyl (C=O) groups excluding carboxylic acids is 1. The van der Waals surface area contributed by atoms with Gasteiger partial charge in [0.15, 0.2) is 5.78 Å². The monoisotopic (exact) mass is 225 g/mol. The van der Waals surface area contributed by atoms with Gasteiger partial charge in [-0.3, -0.25) is 4.79 Å². The van der Waals surface area contributed by atoms with E-state index < -0.39 is 0 Å². The molecule has 0 radical (unpaired) electrons. The number of carbonyl (C=O) groups is 1. The SMILES string of the molecule is Cc1cc(C(=O)c2ccccc2C)ccc1N. The van der Waals surface area contributed by atoms with E-state index in [0.717, 1.165) is 16.7 Å². The van der Waals surface area contributed by atoms with Gasteiger partial charge in [-0.1, -0.05) is 24.3 Å². The van der Waals surface area contributed by atoms with Crippen molar-refractivity contribution in [3.63, 3.8) is 0 Å². The second-order valence-corrected chi connectivity index (χ2v) is 4.22. The largest absolute Gasteiger partial charge is 0.399 e. The number of ketones is 1. The molecule has 2 aromatic rings. The second kappa shape index (κ2) is 4.42.